The highest BCUT2D eigenvalue weighted by Crippen LogP contribution is 2.32. The number of anilines is 1. The van der Waals surface area contributed by atoms with E-state index in [1.807, 2.05) is 0 Å². The van der Waals surface area contributed by atoms with E-state index in [4.69, 9.17) is 55.6 Å². The molecule has 2 aromatic carbocycles. The van der Waals surface area contributed by atoms with Gasteiger partial charge in [-0.2, -0.15) is 0 Å². The number of rotatable bonds is 7. The van der Waals surface area contributed by atoms with E-state index in [1.54, 1.807) is 47.1 Å². The fourth-order valence-corrected chi connectivity index (χ4v) is 3.55. The van der Waals surface area contributed by atoms with Crippen LogP contribution in [-0.4, -0.2) is 20.7 Å². The third kappa shape index (κ3) is 5.37. The second-order valence-electron chi connectivity index (χ2n) is 6.56. The summed E-state index contributed by atoms with van der Waals surface area (Å²) >= 11 is 24.2. The summed E-state index contributed by atoms with van der Waals surface area (Å²) < 4.78 is 12.7. The first-order valence-corrected chi connectivity index (χ1v) is 10.7. The molecule has 0 atom stereocenters. The minimum absolute atomic E-state index is 0.0715. The molecule has 0 saturated carbocycles. The van der Waals surface area contributed by atoms with E-state index < -0.39 is 5.91 Å². The fourth-order valence-electron chi connectivity index (χ4n) is 2.74. The summed E-state index contributed by atoms with van der Waals surface area (Å²) in [4.78, 5) is 16.5. The molecule has 0 radical (unpaired) electrons. The SMILES string of the molecule is O=C(Nc1ncn(Cc2ccc(Cl)cc2Cl)n1)c1ccc(COc2cccc(Cl)c2Cl)o1. The van der Waals surface area contributed by atoms with E-state index in [9.17, 15) is 4.79 Å². The van der Waals surface area contributed by atoms with Gasteiger partial charge in [-0.05, 0) is 42.0 Å². The van der Waals surface area contributed by atoms with E-state index in [0.29, 0.717) is 38.1 Å². The quantitative estimate of drug-likeness (QED) is 0.312. The largest absolute Gasteiger partial charge is 0.484 e. The maximum atomic E-state index is 12.5. The van der Waals surface area contributed by atoms with Gasteiger partial charge in [0.2, 0.25) is 5.95 Å². The molecule has 4 aromatic rings. The zero-order valence-corrected chi connectivity index (χ0v) is 19.2. The second-order valence-corrected chi connectivity index (χ2v) is 8.19. The Morgan fingerprint density at radius 1 is 1.06 bits per heavy atom. The Bertz CT molecular complexity index is 1270. The van der Waals surface area contributed by atoms with Crippen LogP contribution >= 0.6 is 46.4 Å². The summed E-state index contributed by atoms with van der Waals surface area (Å²) in [6.07, 6.45) is 1.48. The summed E-state index contributed by atoms with van der Waals surface area (Å²) in [7, 11) is 0. The molecule has 1 N–H and O–H groups in total. The molecule has 2 aromatic heterocycles. The number of nitrogens with one attached hydrogen (secondary N) is 1. The molecular weight excluding hydrogens is 498 g/mol. The average Bonchev–Trinajstić information content (AvgIpc) is 3.41. The van der Waals surface area contributed by atoms with Crippen LogP contribution in [0.25, 0.3) is 0 Å². The van der Waals surface area contributed by atoms with E-state index in [0.717, 1.165) is 5.56 Å². The minimum atomic E-state index is -0.501. The highest BCUT2D eigenvalue weighted by Gasteiger charge is 2.15. The number of ether oxygens (including phenoxy) is 1. The van der Waals surface area contributed by atoms with Crippen molar-refractivity contribution in [1.82, 2.24) is 14.8 Å². The first kappa shape index (κ1) is 22.5. The van der Waals surface area contributed by atoms with Gasteiger partial charge in [0.25, 0.3) is 5.91 Å². The Hall–Kier alpha value is -2.71. The zero-order valence-electron chi connectivity index (χ0n) is 16.2. The number of hydrogen-bond donors (Lipinski definition) is 1. The van der Waals surface area contributed by atoms with Crippen molar-refractivity contribution in [2.45, 2.75) is 13.2 Å². The first-order valence-electron chi connectivity index (χ1n) is 9.19. The predicted octanol–water partition coefficient (Wildman–Crippen LogP) is 6.36. The standard InChI is InChI=1S/C21H14Cl4N4O3/c22-13-5-4-12(16(24)8-13)9-29-11-26-21(28-29)27-20(30)18-7-6-14(32-18)10-31-17-3-1-2-15(23)19(17)25/h1-8,11H,9-10H2,(H,27,28,30). The van der Waals surface area contributed by atoms with Gasteiger partial charge in [0.05, 0.1) is 11.6 Å². The van der Waals surface area contributed by atoms with Crippen LogP contribution in [0.1, 0.15) is 21.9 Å². The monoisotopic (exact) mass is 510 g/mol. The van der Waals surface area contributed by atoms with Gasteiger partial charge in [0.1, 0.15) is 29.5 Å². The minimum Gasteiger partial charge on any atom is -0.484 e. The number of aromatic nitrogens is 3. The molecule has 0 unspecified atom stereocenters. The van der Waals surface area contributed by atoms with Gasteiger partial charge in [-0.15, -0.1) is 5.10 Å². The molecule has 164 valence electrons. The number of furan rings is 1. The normalized spacial score (nSPS) is 10.9. The highest BCUT2D eigenvalue weighted by molar-refractivity contribution is 6.42. The topological polar surface area (TPSA) is 82.2 Å². The molecule has 1 amide bonds. The van der Waals surface area contributed by atoms with Gasteiger partial charge in [0.15, 0.2) is 5.76 Å². The molecule has 32 heavy (non-hydrogen) atoms. The lowest BCUT2D eigenvalue weighted by atomic mass is 10.2. The molecule has 4 rings (SSSR count). The van der Waals surface area contributed by atoms with Crippen molar-refractivity contribution < 1.29 is 13.9 Å². The van der Waals surface area contributed by atoms with Crippen LogP contribution in [0.15, 0.2) is 59.3 Å². The van der Waals surface area contributed by atoms with E-state index in [1.165, 1.54) is 12.4 Å². The predicted molar refractivity (Wildman–Crippen MR) is 123 cm³/mol. The van der Waals surface area contributed by atoms with Crippen molar-refractivity contribution in [1.29, 1.82) is 0 Å². The third-order valence-electron chi connectivity index (χ3n) is 4.28. The lowest BCUT2D eigenvalue weighted by Crippen LogP contribution is -2.12. The van der Waals surface area contributed by atoms with E-state index >= 15 is 0 Å². The van der Waals surface area contributed by atoms with Gasteiger partial charge in [0, 0.05) is 10.0 Å². The Morgan fingerprint density at radius 2 is 1.91 bits per heavy atom. The van der Waals surface area contributed by atoms with Gasteiger partial charge in [-0.1, -0.05) is 58.5 Å². The van der Waals surface area contributed by atoms with E-state index in [2.05, 4.69) is 15.4 Å². The Labute approximate surface area is 202 Å². The van der Waals surface area contributed by atoms with Crippen LogP contribution in [0.5, 0.6) is 5.75 Å². The van der Waals surface area contributed by atoms with Crippen LogP contribution < -0.4 is 10.1 Å². The summed E-state index contributed by atoms with van der Waals surface area (Å²) in [6, 6.07) is 13.4. The summed E-state index contributed by atoms with van der Waals surface area (Å²) in [5.74, 6) is 0.552. The van der Waals surface area contributed by atoms with Crippen molar-refractivity contribution >= 4 is 58.3 Å². The molecule has 0 aliphatic rings. The maximum Gasteiger partial charge on any atom is 0.293 e. The lowest BCUT2D eigenvalue weighted by molar-refractivity contribution is 0.0991. The number of carbonyl (C=O) groups excluding carboxylic acids is 1. The first-order chi connectivity index (χ1) is 15.4. The molecule has 0 fully saturated rings. The molecular formula is C21H14Cl4N4O3. The highest BCUT2D eigenvalue weighted by atomic mass is 35.5. The van der Waals surface area contributed by atoms with Crippen molar-refractivity contribution in [2.24, 2.45) is 0 Å². The second kappa shape index (κ2) is 9.83. The molecule has 0 saturated heterocycles. The number of nitrogens with zero attached hydrogens (tertiary/aromatic N) is 3. The summed E-state index contributed by atoms with van der Waals surface area (Å²) in [6.45, 7) is 0.440. The number of carbonyl (C=O) groups is 1. The van der Waals surface area contributed by atoms with Crippen LogP contribution in [0.3, 0.4) is 0 Å². The number of benzene rings is 2. The molecule has 0 bridgehead atoms. The Kier molecular flexibility index (Phi) is 6.91. The molecule has 2 heterocycles. The van der Waals surface area contributed by atoms with Crippen molar-refractivity contribution in [3.05, 3.63) is 92.0 Å². The molecule has 0 aliphatic heterocycles. The number of amides is 1. The molecule has 7 nitrogen and oxygen atoms in total. The maximum absolute atomic E-state index is 12.5. The van der Waals surface area contributed by atoms with Crippen molar-refractivity contribution in [2.75, 3.05) is 5.32 Å². The Balaban J connectivity index is 1.35. The average molecular weight is 512 g/mol. The van der Waals surface area contributed by atoms with E-state index in [-0.39, 0.29) is 18.3 Å². The van der Waals surface area contributed by atoms with Crippen LogP contribution in [0, 0.1) is 0 Å². The van der Waals surface area contributed by atoms with Crippen molar-refractivity contribution in [3.8, 4) is 5.75 Å². The lowest BCUT2D eigenvalue weighted by Gasteiger charge is -2.07. The Morgan fingerprint density at radius 3 is 2.72 bits per heavy atom. The van der Waals surface area contributed by atoms with Gasteiger partial charge in [-0.25, -0.2) is 9.67 Å². The molecule has 11 heteroatoms. The molecule has 0 aliphatic carbocycles. The fraction of sp³-hybridized carbons (Fsp3) is 0.0952. The number of hydrogen-bond acceptors (Lipinski definition) is 5. The third-order valence-corrected chi connectivity index (χ3v) is 5.67. The number of halogens is 4. The summed E-state index contributed by atoms with van der Waals surface area (Å²) in [5.41, 5.74) is 0.814. The molecule has 0 spiro atoms. The van der Waals surface area contributed by atoms with Crippen LogP contribution in [0.4, 0.5) is 5.95 Å². The van der Waals surface area contributed by atoms with Gasteiger partial charge in [-0.3, -0.25) is 10.1 Å². The smallest absolute Gasteiger partial charge is 0.293 e. The zero-order chi connectivity index (χ0) is 22.7. The summed E-state index contributed by atoms with van der Waals surface area (Å²) in [5, 5.41) is 8.56. The van der Waals surface area contributed by atoms with Crippen molar-refractivity contribution in [3.63, 3.8) is 0 Å². The van der Waals surface area contributed by atoms with Crippen LogP contribution in [-0.2, 0) is 13.2 Å². The van der Waals surface area contributed by atoms with Gasteiger partial charge < -0.3 is 9.15 Å². The van der Waals surface area contributed by atoms with Gasteiger partial charge >= 0.3 is 0 Å². The van der Waals surface area contributed by atoms with Crippen LogP contribution in [0.2, 0.25) is 20.1 Å².